The van der Waals surface area contributed by atoms with E-state index < -0.39 is 0 Å². The largest absolute Gasteiger partial charge is 0.394 e. The topological polar surface area (TPSA) is 121 Å². The number of hydrogen-bond acceptors (Lipinski definition) is 6. The summed E-state index contributed by atoms with van der Waals surface area (Å²) < 4.78 is 0. The molecule has 0 aromatic rings. The molecule has 0 aliphatic carbocycles. The first kappa shape index (κ1) is 30.3. The summed E-state index contributed by atoms with van der Waals surface area (Å²) in [6.07, 6.45) is 3.50. The minimum Gasteiger partial charge on any atom is -0.394 e. The Labute approximate surface area is 110 Å². The van der Waals surface area contributed by atoms with Crippen molar-refractivity contribution >= 4 is 0 Å². The van der Waals surface area contributed by atoms with E-state index >= 15 is 0 Å². The molecule has 0 aliphatic rings. The third-order valence-electron chi connectivity index (χ3n) is 0.300. The van der Waals surface area contributed by atoms with Crippen LogP contribution >= 0.6 is 0 Å². The Hall–Kier alpha value is -0.760. The summed E-state index contributed by atoms with van der Waals surface area (Å²) >= 11 is 0. The second kappa shape index (κ2) is 72.0. The Bertz CT molecular complexity index is 77.1. The lowest BCUT2D eigenvalue weighted by atomic mass is 10.8. The summed E-state index contributed by atoms with van der Waals surface area (Å²) in [5.74, 6) is 0. The van der Waals surface area contributed by atoms with Crippen molar-refractivity contribution < 1.29 is 30.6 Å². The van der Waals surface area contributed by atoms with Crippen LogP contribution in [-0.4, -0.2) is 70.3 Å². The second-order valence-electron chi connectivity index (χ2n) is 2.16. The van der Waals surface area contributed by atoms with Gasteiger partial charge >= 0.3 is 0 Å². The van der Waals surface area contributed by atoms with Crippen molar-refractivity contribution in [2.45, 2.75) is 13.8 Å². The smallest absolute Gasteiger partial charge is 0.0662 e. The molecule has 0 saturated heterocycles. The molecule has 0 aliphatic heterocycles. The standard InChI is InChI=1S/2C3H6.3C2H6O2/c2*1-3-2;3*3-1-2-4/h2*3H,1H2,2H3;3*3-4H,1-2H2. The summed E-state index contributed by atoms with van der Waals surface area (Å²) in [6, 6.07) is 0. The number of aliphatic hydroxyl groups is 6. The molecule has 0 atom stereocenters. The molecule has 18 heavy (non-hydrogen) atoms. The molecular formula is C12H30O6. The van der Waals surface area contributed by atoms with Crippen LogP contribution in [0.5, 0.6) is 0 Å². The molecule has 0 fully saturated rings. The van der Waals surface area contributed by atoms with Crippen molar-refractivity contribution in [1.29, 1.82) is 0 Å². The fourth-order valence-electron chi connectivity index (χ4n) is 0. The van der Waals surface area contributed by atoms with Gasteiger partial charge in [-0.25, -0.2) is 0 Å². The molecule has 0 aromatic carbocycles. The summed E-state index contributed by atoms with van der Waals surface area (Å²) in [6.45, 7) is 9.75. The molecule has 0 radical (unpaired) electrons. The average Bonchev–Trinajstić information content (AvgIpc) is 2.40. The normalized spacial score (nSPS) is 6.44. The molecule has 6 N–H and O–H groups in total. The van der Waals surface area contributed by atoms with Crippen molar-refractivity contribution in [2.24, 2.45) is 0 Å². The van der Waals surface area contributed by atoms with E-state index in [1.165, 1.54) is 0 Å². The van der Waals surface area contributed by atoms with Crippen LogP contribution < -0.4 is 0 Å². The zero-order valence-corrected chi connectivity index (χ0v) is 11.5. The van der Waals surface area contributed by atoms with Crippen molar-refractivity contribution in [1.82, 2.24) is 0 Å². The highest BCUT2D eigenvalue weighted by Gasteiger charge is 1.58. The van der Waals surface area contributed by atoms with Crippen molar-refractivity contribution in [3.63, 3.8) is 0 Å². The van der Waals surface area contributed by atoms with Gasteiger partial charge in [-0.05, 0) is 13.8 Å². The van der Waals surface area contributed by atoms with Crippen LogP contribution in [0, 0.1) is 0 Å². The molecule has 0 aromatic heterocycles. The van der Waals surface area contributed by atoms with E-state index in [-0.39, 0.29) is 39.6 Å². The molecule has 6 nitrogen and oxygen atoms in total. The first-order chi connectivity index (χ1) is 8.57. The maximum absolute atomic E-state index is 7.62. The molecule has 0 unspecified atom stereocenters. The van der Waals surface area contributed by atoms with E-state index in [0.29, 0.717) is 0 Å². The highest BCUT2D eigenvalue weighted by molar-refractivity contribution is 4.51. The van der Waals surface area contributed by atoms with E-state index in [1.54, 1.807) is 12.2 Å². The third kappa shape index (κ3) is 616. The summed E-state index contributed by atoms with van der Waals surface area (Å²) in [7, 11) is 0. The van der Waals surface area contributed by atoms with Gasteiger partial charge in [0, 0.05) is 0 Å². The zero-order chi connectivity index (χ0) is 15.7. The molecule has 0 bridgehead atoms. The Balaban J connectivity index is -0.0000000394. The fourth-order valence-corrected chi connectivity index (χ4v) is 0. The van der Waals surface area contributed by atoms with Gasteiger partial charge in [0.25, 0.3) is 0 Å². The third-order valence-corrected chi connectivity index (χ3v) is 0.300. The van der Waals surface area contributed by atoms with Crippen molar-refractivity contribution in [3.05, 3.63) is 25.3 Å². The van der Waals surface area contributed by atoms with Gasteiger partial charge in [0.2, 0.25) is 0 Å². The van der Waals surface area contributed by atoms with E-state index in [9.17, 15) is 0 Å². The summed E-state index contributed by atoms with van der Waals surface area (Å²) in [4.78, 5) is 0. The van der Waals surface area contributed by atoms with Gasteiger partial charge < -0.3 is 30.6 Å². The van der Waals surface area contributed by atoms with Crippen LogP contribution in [0.1, 0.15) is 13.8 Å². The van der Waals surface area contributed by atoms with E-state index in [4.69, 9.17) is 30.6 Å². The van der Waals surface area contributed by atoms with Crippen LogP contribution in [0.25, 0.3) is 0 Å². The predicted octanol–water partition coefficient (Wildman–Crippen LogP) is -0.702. The monoisotopic (exact) mass is 270 g/mol. The number of hydrogen-bond donors (Lipinski definition) is 6. The molecule has 0 saturated carbocycles. The fraction of sp³-hybridized carbons (Fsp3) is 0.667. The Morgan fingerprint density at radius 1 is 0.556 bits per heavy atom. The lowest BCUT2D eigenvalue weighted by Crippen LogP contribution is -1.85. The molecule has 0 spiro atoms. The lowest BCUT2D eigenvalue weighted by Gasteiger charge is -1.70. The zero-order valence-electron chi connectivity index (χ0n) is 11.5. The molecule has 0 rings (SSSR count). The van der Waals surface area contributed by atoms with Gasteiger partial charge in [0.05, 0.1) is 39.6 Å². The van der Waals surface area contributed by atoms with E-state index in [0.717, 1.165) is 0 Å². The van der Waals surface area contributed by atoms with Gasteiger partial charge in [0.15, 0.2) is 0 Å². The first-order valence-corrected chi connectivity index (χ1v) is 5.37. The van der Waals surface area contributed by atoms with E-state index in [1.807, 2.05) is 13.8 Å². The number of aliphatic hydroxyl groups excluding tert-OH is 6. The molecule has 114 valence electrons. The molecule has 6 heteroatoms. The Morgan fingerprint density at radius 2 is 0.611 bits per heavy atom. The Morgan fingerprint density at radius 3 is 0.611 bits per heavy atom. The quantitative estimate of drug-likeness (QED) is 0.377. The van der Waals surface area contributed by atoms with Crippen molar-refractivity contribution in [3.8, 4) is 0 Å². The summed E-state index contributed by atoms with van der Waals surface area (Å²) in [5.41, 5.74) is 0. The predicted molar refractivity (Wildman–Crippen MR) is 74.3 cm³/mol. The number of rotatable bonds is 3. The minimum absolute atomic E-state index is 0.125. The van der Waals surface area contributed by atoms with Gasteiger partial charge in [-0.1, -0.05) is 12.2 Å². The SMILES string of the molecule is C=CC.C=CC.OCCO.OCCO.OCCO. The van der Waals surface area contributed by atoms with Crippen LogP contribution in [0.2, 0.25) is 0 Å². The van der Waals surface area contributed by atoms with Crippen molar-refractivity contribution in [2.75, 3.05) is 39.6 Å². The Kier molecular flexibility index (Phi) is 121. The molecule has 0 amide bonds. The molecule has 0 heterocycles. The van der Waals surface area contributed by atoms with Crippen LogP contribution in [0.3, 0.4) is 0 Å². The van der Waals surface area contributed by atoms with Crippen LogP contribution in [0.4, 0.5) is 0 Å². The van der Waals surface area contributed by atoms with Gasteiger partial charge in [-0.15, -0.1) is 13.2 Å². The maximum atomic E-state index is 7.62. The first-order valence-electron chi connectivity index (χ1n) is 5.37. The summed E-state index contributed by atoms with van der Waals surface area (Å²) in [5, 5.41) is 45.8. The maximum Gasteiger partial charge on any atom is 0.0662 e. The van der Waals surface area contributed by atoms with Crippen LogP contribution in [-0.2, 0) is 0 Å². The average molecular weight is 270 g/mol. The second-order valence-corrected chi connectivity index (χ2v) is 2.16. The highest BCUT2D eigenvalue weighted by atomic mass is 16.3. The van der Waals surface area contributed by atoms with Crippen LogP contribution in [0.15, 0.2) is 25.3 Å². The van der Waals surface area contributed by atoms with E-state index in [2.05, 4.69) is 13.2 Å². The van der Waals surface area contributed by atoms with Gasteiger partial charge in [-0.3, -0.25) is 0 Å². The minimum atomic E-state index is -0.125. The lowest BCUT2D eigenvalue weighted by molar-refractivity contribution is 0.186. The van der Waals surface area contributed by atoms with Gasteiger partial charge in [0.1, 0.15) is 0 Å². The highest BCUT2D eigenvalue weighted by Crippen LogP contribution is 1.40. The van der Waals surface area contributed by atoms with Gasteiger partial charge in [-0.2, -0.15) is 0 Å². The number of allylic oxidation sites excluding steroid dienone is 2. The molecular weight excluding hydrogens is 240 g/mol.